The van der Waals surface area contributed by atoms with E-state index in [9.17, 15) is 4.39 Å². The van der Waals surface area contributed by atoms with Crippen molar-refractivity contribution in [2.24, 2.45) is 0 Å². The van der Waals surface area contributed by atoms with E-state index in [0.29, 0.717) is 6.61 Å². The quantitative estimate of drug-likeness (QED) is 0.428. The van der Waals surface area contributed by atoms with Crippen LogP contribution in [0.1, 0.15) is 13.3 Å². The molecule has 2 aromatic carbocycles. The van der Waals surface area contributed by atoms with Crippen LogP contribution in [0, 0.1) is 5.82 Å². The van der Waals surface area contributed by atoms with Gasteiger partial charge >= 0.3 is 0 Å². The molecule has 0 bridgehead atoms. The lowest BCUT2D eigenvalue weighted by Gasteiger charge is -2.10. The van der Waals surface area contributed by atoms with Gasteiger partial charge < -0.3 is 10.1 Å². The van der Waals surface area contributed by atoms with E-state index < -0.39 is 0 Å². The number of rotatable bonds is 8. The van der Waals surface area contributed by atoms with E-state index in [1.165, 1.54) is 12.1 Å². The SMILES string of the molecule is CCOCCCNc1cc(-c2ccccc2)nc2cc(-c3ccc(F)cc3)nn12. The van der Waals surface area contributed by atoms with E-state index >= 15 is 0 Å². The fourth-order valence-electron chi connectivity index (χ4n) is 3.15. The number of aromatic nitrogens is 3. The lowest BCUT2D eigenvalue weighted by atomic mass is 10.1. The molecule has 0 saturated carbocycles. The first-order valence-corrected chi connectivity index (χ1v) is 9.78. The van der Waals surface area contributed by atoms with Gasteiger partial charge in [0.05, 0.1) is 11.4 Å². The molecule has 0 aliphatic carbocycles. The average Bonchev–Trinajstić information content (AvgIpc) is 3.19. The van der Waals surface area contributed by atoms with Crippen LogP contribution in [0.3, 0.4) is 0 Å². The molecule has 148 valence electrons. The van der Waals surface area contributed by atoms with Gasteiger partial charge in [-0.1, -0.05) is 30.3 Å². The highest BCUT2D eigenvalue weighted by molar-refractivity contribution is 5.70. The van der Waals surface area contributed by atoms with Crippen LogP contribution < -0.4 is 5.32 Å². The molecule has 2 aromatic heterocycles. The highest BCUT2D eigenvalue weighted by Crippen LogP contribution is 2.26. The molecule has 5 nitrogen and oxygen atoms in total. The number of nitrogens with one attached hydrogen (secondary N) is 1. The Morgan fingerprint density at radius 1 is 0.966 bits per heavy atom. The molecule has 0 unspecified atom stereocenters. The Labute approximate surface area is 169 Å². The zero-order valence-corrected chi connectivity index (χ0v) is 16.3. The number of hydrogen-bond acceptors (Lipinski definition) is 4. The predicted octanol–water partition coefficient (Wildman–Crippen LogP) is 5.04. The summed E-state index contributed by atoms with van der Waals surface area (Å²) in [6, 6.07) is 20.3. The average molecular weight is 390 g/mol. The van der Waals surface area contributed by atoms with Crippen LogP contribution in [0.15, 0.2) is 66.7 Å². The number of nitrogens with zero attached hydrogens (tertiary/aromatic N) is 3. The minimum absolute atomic E-state index is 0.265. The molecule has 0 aliphatic rings. The van der Waals surface area contributed by atoms with Crippen molar-refractivity contribution in [3.63, 3.8) is 0 Å². The molecule has 29 heavy (non-hydrogen) atoms. The molecule has 4 aromatic rings. The molecule has 2 heterocycles. The first kappa shape index (κ1) is 19.1. The zero-order chi connectivity index (χ0) is 20.1. The maximum absolute atomic E-state index is 13.3. The number of fused-ring (bicyclic) bond motifs is 1. The van der Waals surface area contributed by atoms with Crippen LogP contribution in [-0.4, -0.2) is 34.4 Å². The molecule has 0 amide bonds. The van der Waals surface area contributed by atoms with Gasteiger partial charge in [-0.05, 0) is 37.6 Å². The van der Waals surface area contributed by atoms with Gasteiger partial charge in [-0.15, -0.1) is 0 Å². The Hall–Kier alpha value is -3.25. The molecule has 0 aliphatic heterocycles. The van der Waals surface area contributed by atoms with E-state index in [4.69, 9.17) is 14.8 Å². The molecule has 0 spiro atoms. The zero-order valence-electron chi connectivity index (χ0n) is 16.3. The minimum Gasteiger partial charge on any atom is -0.382 e. The van der Waals surface area contributed by atoms with Crippen LogP contribution in [0.5, 0.6) is 0 Å². The highest BCUT2D eigenvalue weighted by atomic mass is 19.1. The van der Waals surface area contributed by atoms with Crippen LogP contribution in [0.25, 0.3) is 28.2 Å². The lowest BCUT2D eigenvalue weighted by molar-refractivity contribution is 0.147. The van der Waals surface area contributed by atoms with Gasteiger partial charge in [-0.3, -0.25) is 0 Å². The minimum atomic E-state index is -0.265. The summed E-state index contributed by atoms with van der Waals surface area (Å²) in [4.78, 5) is 4.79. The normalized spacial score (nSPS) is 11.1. The Morgan fingerprint density at radius 3 is 2.48 bits per heavy atom. The van der Waals surface area contributed by atoms with Crippen molar-refractivity contribution in [3.05, 3.63) is 72.5 Å². The third-order valence-electron chi connectivity index (χ3n) is 4.61. The number of halogens is 1. The van der Waals surface area contributed by atoms with Crippen molar-refractivity contribution < 1.29 is 9.13 Å². The van der Waals surface area contributed by atoms with Crippen molar-refractivity contribution in [3.8, 4) is 22.5 Å². The van der Waals surface area contributed by atoms with E-state index in [0.717, 1.165) is 53.6 Å². The topological polar surface area (TPSA) is 51.5 Å². The summed E-state index contributed by atoms with van der Waals surface area (Å²) in [5.74, 6) is 0.595. The maximum atomic E-state index is 13.3. The second kappa shape index (κ2) is 8.84. The summed E-state index contributed by atoms with van der Waals surface area (Å²) in [5.41, 5.74) is 4.24. The van der Waals surface area contributed by atoms with Crippen molar-refractivity contribution in [2.45, 2.75) is 13.3 Å². The Balaban J connectivity index is 1.71. The lowest BCUT2D eigenvalue weighted by Crippen LogP contribution is -2.10. The molecule has 0 fully saturated rings. The number of anilines is 1. The third-order valence-corrected chi connectivity index (χ3v) is 4.61. The first-order chi connectivity index (χ1) is 14.2. The van der Waals surface area contributed by atoms with Crippen molar-refractivity contribution in [1.82, 2.24) is 14.6 Å². The Kier molecular flexibility index (Phi) is 5.81. The third kappa shape index (κ3) is 4.43. The molecule has 0 atom stereocenters. The van der Waals surface area contributed by atoms with E-state index in [1.54, 1.807) is 16.6 Å². The van der Waals surface area contributed by atoms with Crippen molar-refractivity contribution in [1.29, 1.82) is 0 Å². The molecule has 1 N–H and O–H groups in total. The highest BCUT2D eigenvalue weighted by Gasteiger charge is 2.12. The summed E-state index contributed by atoms with van der Waals surface area (Å²) in [6.45, 7) is 4.19. The number of ether oxygens (including phenoxy) is 1. The van der Waals surface area contributed by atoms with Gasteiger partial charge in [0.25, 0.3) is 0 Å². The van der Waals surface area contributed by atoms with Gasteiger partial charge in [-0.25, -0.2) is 9.37 Å². The summed E-state index contributed by atoms with van der Waals surface area (Å²) in [7, 11) is 0. The largest absolute Gasteiger partial charge is 0.382 e. The van der Waals surface area contributed by atoms with Gasteiger partial charge in [-0.2, -0.15) is 9.61 Å². The Bertz CT molecular complexity index is 1080. The van der Waals surface area contributed by atoms with E-state index in [1.807, 2.05) is 49.4 Å². The second-order valence-corrected chi connectivity index (χ2v) is 6.68. The molecular formula is C23H23FN4O. The van der Waals surface area contributed by atoms with Crippen LogP contribution in [-0.2, 0) is 4.74 Å². The molecule has 0 radical (unpaired) electrons. The summed E-state index contributed by atoms with van der Waals surface area (Å²) in [5, 5.41) is 8.15. The first-order valence-electron chi connectivity index (χ1n) is 9.78. The van der Waals surface area contributed by atoms with Crippen LogP contribution in [0.2, 0.25) is 0 Å². The second-order valence-electron chi connectivity index (χ2n) is 6.68. The van der Waals surface area contributed by atoms with E-state index in [-0.39, 0.29) is 5.82 Å². The van der Waals surface area contributed by atoms with Crippen molar-refractivity contribution >= 4 is 11.5 Å². The predicted molar refractivity (Wildman–Crippen MR) is 113 cm³/mol. The smallest absolute Gasteiger partial charge is 0.158 e. The summed E-state index contributed by atoms with van der Waals surface area (Å²) in [6.07, 6.45) is 0.893. The van der Waals surface area contributed by atoms with Gasteiger partial charge in [0.2, 0.25) is 0 Å². The molecular weight excluding hydrogens is 367 g/mol. The van der Waals surface area contributed by atoms with E-state index in [2.05, 4.69) is 5.32 Å². The molecule has 4 rings (SSSR count). The molecule has 6 heteroatoms. The van der Waals surface area contributed by atoms with Crippen LogP contribution in [0.4, 0.5) is 10.2 Å². The molecule has 0 saturated heterocycles. The number of hydrogen-bond donors (Lipinski definition) is 1. The van der Waals surface area contributed by atoms with Gasteiger partial charge in [0.15, 0.2) is 5.65 Å². The maximum Gasteiger partial charge on any atom is 0.158 e. The fraction of sp³-hybridized carbons (Fsp3) is 0.217. The number of benzene rings is 2. The fourth-order valence-corrected chi connectivity index (χ4v) is 3.15. The van der Waals surface area contributed by atoms with Gasteiger partial charge in [0.1, 0.15) is 11.6 Å². The van der Waals surface area contributed by atoms with Gasteiger partial charge in [0, 0.05) is 43.0 Å². The summed E-state index contributed by atoms with van der Waals surface area (Å²) < 4.78 is 20.5. The standard InChI is InChI=1S/C23H23FN4O/c1-2-29-14-6-13-25-22-15-20(17-7-4-3-5-8-17)26-23-16-21(27-28(22)23)18-9-11-19(24)12-10-18/h3-5,7-12,15-16,25H,2,6,13-14H2,1H3. The van der Waals surface area contributed by atoms with Crippen molar-refractivity contribution in [2.75, 3.05) is 25.1 Å². The summed E-state index contributed by atoms with van der Waals surface area (Å²) >= 11 is 0. The van der Waals surface area contributed by atoms with Crippen LogP contribution >= 0.6 is 0 Å². The Morgan fingerprint density at radius 2 is 1.72 bits per heavy atom. The monoisotopic (exact) mass is 390 g/mol.